The highest BCUT2D eigenvalue weighted by Gasteiger charge is 2.32. The number of nitrogens with one attached hydrogen (secondary N) is 3. The second-order valence-corrected chi connectivity index (χ2v) is 20.7. The minimum atomic E-state index is -4.57. The zero-order chi connectivity index (χ0) is 46.7. The van der Waals surface area contributed by atoms with E-state index in [1.807, 2.05) is 41.3 Å². The van der Waals surface area contributed by atoms with Crippen LogP contribution in [0.5, 0.6) is 5.88 Å². The molecule has 1 aliphatic carbocycles. The van der Waals surface area contributed by atoms with Crippen molar-refractivity contribution in [2.24, 2.45) is 5.41 Å². The van der Waals surface area contributed by atoms with Crippen LogP contribution in [0.15, 0.2) is 89.5 Å². The molecular weight excluding hydrogens is 894 g/mol. The number of nitrogens with zero attached hydrogens (tertiary/aromatic N) is 6. The average Bonchev–Trinajstić information content (AvgIpc) is 3.68. The summed E-state index contributed by atoms with van der Waals surface area (Å²) < 4.78 is 41.7. The van der Waals surface area contributed by atoms with Crippen molar-refractivity contribution in [3.63, 3.8) is 0 Å². The van der Waals surface area contributed by atoms with Crippen LogP contribution in [0, 0.1) is 15.5 Å². The lowest BCUT2D eigenvalue weighted by Gasteiger charge is -2.39. The van der Waals surface area contributed by atoms with Crippen LogP contribution in [0.4, 0.5) is 28.4 Å². The molecule has 1 amide bonds. The van der Waals surface area contributed by atoms with Gasteiger partial charge in [-0.3, -0.25) is 24.7 Å². The van der Waals surface area contributed by atoms with Crippen LogP contribution in [-0.4, -0.2) is 124 Å². The summed E-state index contributed by atoms with van der Waals surface area (Å²) in [4.78, 5) is 42.6. The van der Waals surface area contributed by atoms with Crippen LogP contribution in [0.1, 0.15) is 61.9 Å². The molecule has 5 heterocycles. The lowest BCUT2D eigenvalue weighted by Crippen LogP contribution is -2.47. The van der Waals surface area contributed by atoms with E-state index in [-0.39, 0.29) is 16.7 Å². The molecule has 2 aromatic heterocycles. The minimum absolute atomic E-state index is 0.114. The average molecular weight is 953 g/mol. The van der Waals surface area contributed by atoms with Crippen molar-refractivity contribution in [3.8, 4) is 5.88 Å². The highest BCUT2D eigenvalue weighted by Crippen LogP contribution is 2.44. The van der Waals surface area contributed by atoms with Gasteiger partial charge < -0.3 is 29.6 Å². The number of rotatable bonds is 14. The van der Waals surface area contributed by atoms with Crippen molar-refractivity contribution in [1.29, 1.82) is 0 Å². The van der Waals surface area contributed by atoms with Crippen LogP contribution >= 0.6 is 11.6 Å². The van der Waals surface area contributed by atoms with E-state index in [0.717, 1.165) is 100 Å². The van der Waals surface area contributed by atoms with Gasteiger partial charge in [-0.2, -0.15) is 4.98 Å². The Kier molecular flexibility index (Phi) is 13.8. The fraction of sp³-hybridized carbons (Fsp3) is 0.429. The van der Waals surface area contributed by atoms with Gasteiger partial charge in [0, 0.05) is 87.3 Å². The van der Waals surface area contributed by atoms with Gasteiger partial charge in [0.15, 0.2) is 0 Å². The first-order valence-electron chi connectivity index (χ1n) is 23.2. The fourth-order valence-corrected chi connectivity index (χ4v) is 10.7. The molecule has 0 bridgehead atoms. The number of sulfonamides is 1. The highest BCUT2D eigenvalue weighted by atomic mass is 35.5. The van der Waals surface area contributed by atoms with Gasteiger partial charge in [-0.1, -0.05) is 43.2 Å². The number of morpholine rings is 1. The van der Waals surface area contributed by atoms with E-state index in [4.69, 9.17) is 26.1 Å². The molecule has 0 unspecified atom stereocenters. The summed E-state index contributed by atoms with van der Waals surface area (Å²) in [6.45, 7) is 13.9. The largest absolute Gasteiger partial charge is 0.476 e. The molecule has 0 saturated carbocycles. The number of ether oxygens (including phenoxy) is 2. The van der Waals surface area contributed by atoms with Crippen LogP contribution in [0.25, 0.3) is 16.6 Å². The quantitative estimate of drug-likeness (QED) is 0.0553. The van der Waals surface area contributed by atoms with Gasteiger partial charge in [-0.25, -0.2) is 13.1 Å². The van der Waals surface area contributed by atoms with E-state index in [1.54, 1.807) is 12.3 Å². The summed E-state index contributed by atoms with van der Waals surface area (Å²) in [5.41, 5.74) is 6.94. The molecule has 3 N–H and O–H groups in total. The van der Waals surface area contributed by atoms with Gasteiger partial charge in [-0.05, 0) is 110 Å². The molecule has 9 rings (SSSR count). The lowest BCUT2D eigenvalue weighted by molar-refractivity contribution is -0.384. The first-order valence-corrected chi connectivity index (χ1v) is 25.0. The third kappa shape index (κ3) is 10.7. The summed E-state index contributed by atoms with van der Waals surface area (Å²) in [6, 6.07) is 21.2. The van der Waals surface area contributed by atoms with E-state index in [1.165, 1.54) is 28.8 Å². The molecule has 2 fully saturated rings. The number of H-pyrrole nitrogens is 1. The van der Waals surface area contributed by atoms with Crippen LogP contribution in [0.3, 0.4) is 0 Å². The second kappa shape index (κ2) is 19.9. The number of benzene rings is 3. The normalized spacial score (nSPS) is 18.3. The predicted octanol–water partition coefficient (Wildman–Crippen LogP) is 8.08. The second-order valence-electron chi connectivity index (χ2n) is 18.6. The zero-order valence-electron chi connectivity index (χ0n) is 38.1. The Morgan fingerprint density at radius 2 is 1.72 bits per heavy atom. The molecule has 5 aromatic rings. The fourth-order valence-electron chi connectivity index (χ4n) is 9.61. The van der Waals surface area contributed by atoms with Gasteiger partial charge in [-0.15, -0.1) is 0 Å². The minimum Gasteiger partial charge on any atom is -0.476 e. The van der Waals surface area contributed by atoms with Crippen LogP contribution < -0.4 is 24.6 Å². The van der Waals surface area contributed by atoms with Crippen molar-refractivity contribution in [1.82, 2.24) is 24.5 Å². The summed E-state index contributed by atoms with van der Waals surface area (Å²) in [6.07, 6.45) is 6.34. The van der Waals surface area contributed by atoms with Crippen LogP contribution in [-0.2, 0) is 14.8 Å². The Balaban J connectivity index is 0.963. The number of anilines is 4. The monoisotopic (exact) mass is 951 g/mol. The van der Waals surface area contributed by atoms with Gasteiger partial charge in [0.2, 0.25) is 5.88 Å². The maximum atomic E-state index is 14.4. The van der Waals surface area contributed by atoms with Crippen molar-refractivity contribution in [2.75, 3.05) is 100 Å². The summed E-state index contributed by atoms with van der Waals surface area (Å²) in [5, 5.41) is 16.9. The van der Waals surface area contributed by atoms with Gasteiger partial charge in [0.1, 0.15) is 17.0 Å². The molecule has 0 atom stereocenters. The Morgan fingerprint density at radius 1 is 0.925 bits per heavy atom. The number of fused-ring (bicyclic) bond motifs is 2. The molecule has 3 aromatic carbocycles. The first kappa shape index (κ1) is 46.4. The maximum absolute atomic E-state index is 14.4. The Morgan fingerprint density at radius 3 is 2.49 bits per heavy atom. The molecule has 0 spiro atoms. The van der Waals surface area contributed by atoms with Crippen molar-refractivity contribution in [3.05, 3.63) is 111 Å². The van der Waals surface area contributed by atoms with E-state index < -0.39 is 31.4 Å². The third-order valence-corrected chi connectivity index (χ3v) is 14.9. The molecule has 0 radical (unpaired) electrons. The molecular formula is C49H58ClN9O7S. The number of allylic oxidation sites excluding steroid dienone is 1. The molecule has 3 aliphatic heterocycles. The standard InChI is InChI=1S/C49H58ClN9O7S/c1-49(2)15-13-36(41(32-49)34-5-7-37(50)8-6-34)33-56-20-22-57(23-21-56)38-9-11-40(43(30-38)58-19-4-26-66-48-45(58)29-35-14-17-52-46(35)53-48)47(60)54-67(63,64)39-10-12-42(44(31-39)59(61)62)51-16-3-18-55-24-27-65-28-25-55/h5-12,14,17,29-31,51H,3-4,13,15-16,18-28,32-33H2,1-2H3,(H,52,53)(H,54,60). The Hall–Kier alpha value is -5.72. The number of nitro groups is 1. The predicted molar refractivity (Wildman–Crippen MR) is 262 cm³/mol. The Bertz CT molecular complexity index is 2770. The van der Waals surface area contributed by atoms with E-state index in [2.05, 4.69) is 55.7 Å². The van der Waals surface area contributed by atoms with E-state index >= 15 is 0 Å². The highest BCUT2D eigenvalue weighted by molar-refractivity contribution is 7.90. The molecule has 16 nitrogen and oxygen atoms in total. The maximum Gasteiger partial charge on any atom is 0.293 e. The Labute approximate surface area is 396 Å². The third-order valence-electron chi connectivity index (χ3n) is 13.4. The lowest BCUT2D eigenvalue weighted by atomic mass is 9.72. The van der Waals surface area contributed by atoms with Crippen molar-refractivity contribution >= 4 is 72.6 Å². The topological polar surface area (TPSA) is 179 Å². The summed E-state index contributed by atoms with van der Waals surface area (Å²) in [7, 11) is -4.57. The number of piperazine rings is 1. The van der Waals surface area contributed by atoms with Gasteiger partial charge in [0.25, 0.3) is 21.6 Å². The number of aromatic amines is 1. The molecule has 4 aliphatic rings. The van der Waals surface area contributed by atoms with Crippen molar-refractivity contribution < 1.29 is 27.6 Å². The number of amides is 1. The zero-order valence-corrected chi connectivity index (χ0v) is 39.6. The number of nitro benzene ring substituents is 1. The number of hydrogen-bond acceptors (Lipinski definition) is 13. The number of carbonyl (C=O) groups excluding carboxylic acids is 1. The number of halogens is 1. The molecule has 67 heavy (non-hydrogen) atoms. The number of aromatic nitrogens is 2. The summed E-state index contributed by atoms with van der Waals surface area (Å²) >= 11 is 6.28. The van der Waals surface area contributed by atoms with Crippen LogP contribution in [0.2, 0.25) is 5.02 Å². The first-order chi connectivity index (χ1) is 32.3. The van der Waals surface area contributed by atoms with Gasteiger partial charge >= 0.3 is 0 Å². The van der Waals surface area contributed by atoms with E-state index in [9.17, 15) is 23.3 Å². The van der Waals surface area contributed by atoms with E-state index in [0.29, 0.717) is 62.2 Å². The SMILES string of the molecule is CC1(C)CCC(CN2CCN(c3ccc(C(=O)NS(=O)(=O)c4ccc(NCCCN5CCOCC5)c([N+](=O)[O-])c4)c(N4CCCOc5nc6[nH]ccc6cc54)c3)CC2)=C(c2ccc(Cl)cc2)C1. The summed E-state index contributed by atoms with van der Waals surface area (Å²) in [5.74, 6) is -0.479. The van der Waals surface area contributed by atoms with Gasteiger partial charge in [0.05, 0.1) is 40.9 Å². The molecule has 2 saturated heterocycles. The van der Waals surface area contributed by atoms with Crippen molar-refractivity contribution in [2.45, 2.75) is 50.8 Å². The number of carbonyl (C=O) groups is 1. The molecule has 18 heteroatoms. The molecule has 354 valence electrons. The smallest absolute Gasteiger partial charge is 0.293 e. The number of pyridine rings is 1. The number of hydrogen-bond donors (Lipinski definition) is 3.